The molecule has 1 aromatic rings. The highest BCUT2D eigenvalue weighted by atomic mass is 19.4. The van der Waals surface area contributed by atoms with Crippen LogP contribution in [0, 0.1) is 0 Å². The highest BCUT2D eigenvalue weighted by molar-refractivity contribution is 6.34. The maximum absolute atomic E-state index is 13.1. The lowest BCUT2D eigenvalue weighted by molar-refractivity contribution is -0.289. The Kier molecular flexibility index (Phi) is 4.55. The number of hydrogen-bond acceptors (Lipinski definition) is 2. The first-order valence-corrected chi connectivity index (χ1v) is 5.62. The Labute approximate surface area is 116 Å². The van der Waals surface area contributed by atoms with E-state index in [4.69, 9.17) is 5.73 Å². The zero-order valence-corrected chi connectivity index (χ0v) is 10.7. The molecule has 0 aromatic heterocycles. The monoisotopic (exact) mass is 310 g/mol. The van der Waals surface area contributed by atoms with Gasteiger partial charge in [0.2, 0.25) is 0 Å². The summed E-state index contributed by atoms with van der Waals surface area (Å²) in [4.78, 5) is 21.6. The molecule has 21 heavy (non-hydrogen) atoms. The molecule has 0 radical (unpaired) electrons. The molecule has 1 atom stereocenters. The van der Waals surface area contributed by atoms with Gasteiger partial charge in [-0.3, -0.25) is 9.59 Å². The molecule has 0 aliphatic carbocycles. The number of alkyl halides is 5. The van der Waals surface area contributed by atoms with Crippen molar-refractivity contribution in [1.29, 1.82) is 0 Å². The summed E-state index contributed by atoms with van der Waals surface area (Å²) in [6, 6.07) is 2.44. The van der Waals surface area contributed by atoms with E-state index < -0.39 is 35.5 Å². The number of benzene rings is 1. The number of carbonyl (C=O) groups is 2. The molecule has 4 nitrogen and oxygen atoms in total. The van der Waals surface area contributed by atoms with Crippen molar-refractivity contribution in [3.63, 3.8) is 0 Å². The van der Waals surface area contributed by atoms with Gasteiger partial charge in [-0.1, -0.05) is 24.3 Å². The number of nitrogens with two attached hydrogens (primary N) is 1. The zero-order valence-electron chi connectivity index (χ0n) is 10.7. The summed E-state index contributed by atoms with van der Waals surface area (Å²) in [7, 11) is 0. The van der Waals surface area contributed by atoms with Gasteiger partial charge in [-0.15, -0.1) is 0 Å². The third-order valence-electron chi connectivity index (χ3n) is 2.70. The number of rotatable bonds is 3. The van der Waals surface area contributed by atoms with E-state index in [-0.39, 0.29) is 5.56 Å². The van der Waals surface area contributed by atoms with Crippen molar-refractivity contribution in [2.45, 2.75) is 25.1 Å². The van der Waals surface area contributed by atoms with Crippen LogP contribution in [0.1, 0.15) is 24.1 Å². The third kappa shape index (κ3) is 3.67. The lowest BCUT2D eigenvalue weighted by Gasteiger charge is -2.20. The Hall–Kier alpha value is -2.19. The molecule has 3 N–H and O–H groups in total. The number of nitrogens with one attached hydrogen (secondary N) is 1. The molecule has 0 bridgehead atoms. The predicted octanol–water partition coefficient (Wildman–Crippen LogP) is 2.00. The van der Waals surface area contributed by atoms with Crippen LogP contribution in [0.5, 0.6) is 0 Å². The molecule has 116 valence electrons. The molecular weight excluding hydrogens is 299 g/mol. The quantitative estimate of drug-likeness (QED) is 0.662. The van der Waals surface area contributed by atoms with Crippen molar-refractivity contribution in [2.24, 2.45) is 5.73 Å². The molecule has 9 heteroatoms. The molecule has 0 aliphatic rings. The van der Waals surface area contributed by atoms with Crippen molar-refractivity contribution >= 4 is 11.8 Å². The molecule has 0 saturated carbocycles. The third-order valence-corrected chi connectivity index (χ3v) is 2.70. The van der Waals surface area contributed by atoms with E-state index in [1.807, 2.05) is 0 Å². The van der Waals surface area contributed by atoms with Crippen LogP contribution in [0.15, 0.2) is 24.3 Å². The van der Waals surface area contributed by atoms with Gasteiger partial charge in [-0.2, -0.15) is 22.0 Å². The average Bonchev–Trinajstić information content (AvgIpc) is 2.37. The van der Waals surface area contributed by atoms with Crippen LogP contribution in [0.3, 0.4) is 0 Å². The smallest absolute Gasteiger partial charge is 0.361 e. The minimum Gasteiger partial charge on any atom is -0.361 e. The van der Waals surface area contributed by atoms with Crippen LogP contribution < -0.4 is 11.1 Å². The number of hydrogen-bond donors (Lipinski definition) is 2. The minimum absolute atomic E-state index is 0.242. The van der Waals surface area contributed by atoms with Gasteiger partial charge in [0.15, 0.2) is 0 Å². The minimum atomic E-state index is -5.69. The molecule has 0 heterocycles. The summed E-state index contributed by atoms with van der Waals surface area (Å²) in [6.07, 6.45) is -5.69. The second-order valence-electron chi connectivity index (χ2n) is 4.25. The van der Waals surface area contributed by atoms with Gasteiger partial charge in [-0.25, -0.2) is 0 Å². The van der Waals surface area contributed by atoms with E-state index >= 15 is 0 Å². The van der Waals surface area contributed by atoms with Crippen LogP contribution in [0.25, 0.3) is 0 Å². The Morgan fingerprint density at radius 1 is 1.10 bits per heavy atom. The summed E-state index contributed by atoms with van der Waals surface area (Å²) >= 11 is 0. The number of halogens is 5. The van der Waals surface area contributed by atoms with E-state index in [9.17, 15) is 31.5 Å². The Balaban J connectivity index is 2.93. The molecule has 2 amide bonds. The Morgan fingerprint density at radius 3 is 1.95 bits per heavy atom. The molecule has 1 unspecified atom stereocenters. The molecule has 0 spiro atoms. The topological polar surface area (TPSA) is 72.2 Å². The summed E-state index contributed by atoms with van der Waals surface area (Å²) < 4.78 is 62.7. The van der Waals surface area contributed by atoms with E-state index in [1.165, 1.54) is 6.92 Å². The Bertz CT molecular complexity index is 540. The maximum Gasteiger partial charge on any atom is 0.458 e. The van der Waals surface area contributed by atoms with E-state index in [0.29, 0.717) is 12.1 Å². The standard InChI is InChI=1S/C12H11F5N2O2/c1-6(19-10(21)9(18)20)7-2-4-8(5-3-7)11(13,14)12(15,16)17/h2-6H,1H3,(H2,18,20)(H,19,21). The van der Waals surface area contributed by atoms with Crippen molar-refractivity contribution in [2.75, 3.05) is 0 Å². The van der Waals surface area contributed by atoms with Crippen LogP contribution in [0.4, 0.5) is 22.0 Å². The zero-order chi connectivity index (χ0) is 16.4. The fourth-order valence-electron chi connectivity index (χ4n) is 1.50. The lowest BCUT2D eigenvalue weighted by Crippen LogP contribution is -2.37. The molecule has 0 fully saturated rings. The van der Waals surface area contributed by atoms with Crippen molar-refractivity contribution in [1.82, 2.24) is 5.32 Å². The summed E-state index contributed by atoms with van der Waals surface area (Å²) in [6.45, 7) is 1.41. The number of amides is 2. The van der Waals surface area contributed by atoms with Crippen molar-refractivity contribution < 1.29 is 31.5 Å². The van der Waals surface area contributed by atoms with Crippen LogP contribution >= 0.6 is 0 Å². The van der Waals surface area contributed by atoms with Crippen molar-refractivity contribution in [3.05, 3.63) is 35.4 Å². The predicted molar refractivity (Wildman–Crippen MR) is 62.1 cm³/mol. The maximum atomic E-state index is 13.1. The summed E-state index contributed by atoms with van der Waals surface area (Å²) in [5.41, 5.74) is 3.74. The SMILES string of the molecule is CC(NC(=O)C(N)=O)c1ccc(C(F)(F)C(F)(F)F)cc1. The van der Waals surface area contributed by atoms with Gasteiger partial charge in [0.1, 0.15) is 0 Å². The highest BCUT2D eigenvalue weighted by Crippen LogP contribution is 2.43. The van der Waals surface area contributed by atoms with Crippen LogP contribution in [0.2, 0.25) is 0 Å². The van der Waals surface area contributed by atoms with E-state index in [2.05, 4.69) is 5.32 Å². The Morgan fingerprint density at radius 2 is 1.57 bits per heavy atom. The largest absolute Gasteiger partial charge is 0.458 e. The number of carbonyl (C=O) groups excluding carboxylic acids is 2. The van der Waals surface area contributed by atoms with E-state index in [0.717, 1.165) is 12.1 Å². The molecule has 1 aromatic carbocycles. The van der Waals surface area contributed by atoms with Gasteiger partial charge >= 0.3 is 23.9 Å². The molecule has 1 rings (SSSR count). The second-order valence-corrected chi connectivity index (χ2v) is 4.25. The summed E-state index contributed by atoms with van der Waals surface area (Å²) in [5.74, 6) is -7.29. The summed E-state index contributed by atoms with van der Waals surface area (Å²) in [5, 5.41) is 2.16. The molecule has 0 aliphatic heterocycles. The van der Waals surface area contributed by atoms with Gasteiger partial charge in [0.25, 0.3) is 0 Å². The van der Waals surface area contributed by atoms with Crippen LogP contribution in [-0.2, 0) is 15.5 Å². The first-order valence-electron chi connectivity index (χ1n) is 5.62. The molecule has 0 saturated heterocycles. The number of primary amides is 1. The first kappa shape index (κ1) is 16.9. The first-order chi connectivity index (χ1) is 9.46. The highest BCUT2D eigenvalue weighted by Gasteiger charge is 2.58. The lowest BCUT2D eigenvalue weighted by atomic mass is 10.0. The average molecular weight is 310 g/mol. The fraction of sp³-hybridized carbons (Fsp3) is 0.333. The van der Waals surface area contributed by atoms with Gasteiger partial charge in [0.05, 0.1) is 6.04 Å². The van der Waals surface area contributed by atoms with Gasteiger partial charge in [0, 0.05) is 5.56 Å². The van der Waals surface area contributed by atoms with Gasteiger partial charge < -0.3 is 11.1 Å². The normalized spacial score (nSPS) is 13.6. The van der Waals surface area contributed by atoms with Crippen LogP contribution in [-0.4, -0.2) is 18.0 Å². The molecular formula is C12H11F5N2O2. The second kappa shape index (κ2) is 5.66. The van der Waals surface area contributed by atoms with E-state index in [1.54, 1.807) is 0 Å². The van der Waals surface area contributed by atoms with Crippen molar-refractivity contribution in [3.8, 4) is 0 Å². The van der Waals surface area contributed by atoms with Gasteiger partial charge in [-0.05, 0) is 12.5 Å². The fourth-order valence-corrected chi connectivity index (χ4v) is 1.50.